The highest BCUT2D eigenvalue weighted by molar-refractivity contribution is 5.47. The van der Waals surface area contributed by atoms with Gasteiger partial charge in [0.05, 0.1) is 45.5 Å². The summed E-state index contributed by atoms with van der Waals surface area (Å²) in [6.07, 6.45) is 7.47. The Hall–Kier alpha value is -7.84. The van der Waals surface area contributed by atoms with E-state index in [-0.39, 0.29) is 0 Å². The minimum atomic E-state index is 0.834. The molecule has 8 aromatic rings. The van der Waals surface area contributed by atoms with Crippen molar-refractivity contribution in [1.29, 1.82) is 0 Å². The normalized spacial score (nSPS) is 13.5. The number of hydrogen-bond acceptors (Lipinski definition) is 8. The molecule has 8 nitrogen and oxygen atoms in total. The third-order valence-corrected chi connectivity index (χ3v) is 11.4. The van der Waals surface area contributed by atoms with Crippen molar-refractivity contribution in [3.8, 4) is 0 Å². The summed E-state index contributed by atoms with van der Waals surface area (Å²) >= 11 is 0. The van der Waals surface area contributed by atoms with E-state index in [9.17, 15) is 0 Å². The molecule has 0 fully saturated rings. The molecule has 0 amide bonds. The first-order valence-electron chi connectivity index (χ1n) is 22.0. The van der Waals surface area contributed by atoms with Crippen LogP contribution < -0.4 is 0 Å². The quantitative estimate of drug-likeness (QED) is 0.145. The van der Waals surface area contributed by atoms with Crippen molar-refractivity contribution in [3.05, 3.63) is 239 Å². The molecule has 0 unspecified atom stereocenters. The van der Waals surface area contributed by atoms with Crippen molar-refractivity contribution in [2.45, 2.75) is 51.4 Å². The van der Waals surface area contributed by atoms with E-state index in [2.05, 4.69) is 138 Å². The Kier molecular flexibility index (Phi) is 13.5. The van der Waals surface area contributed by atoms with Gasteiger partial charge in [-0.2, -0.15) is 40.9 Å². The standard InChI is InChI=1S/C56H48N8/c1-2-42-11-27-50(28-12-42)58-60-52-31-15-44(16-32-52)5-6-46-19-35-54(36-20-46)62-64-56-39-23-48(24-40-56)8-7-47-21-37-55(38-22-47)63-61-53-33-17-45(18-34-53)4-3-43-13-29-51(30-14-43)59-57-49-25-9-41(1)10-26-49/h9-40H,1-8H2. The fraction of sp³-hybridized carbons (Fsp3) is 0.143. The van der Waals surface area contributed by atoms with Crippen LogP contribution >= 0.6 is 0 Å². The van der Waals surface area contributed by atoms with Gasteiger partial charge < -0.3 is 0 Å². The van der Waals surface area contributed by atoms with Gasteiger partial charge in [-0.05, 0) is 193 Å². The van der Waals surface area contributed by atoms with Crippen molar-refractivity contribution in [3.63, 3.8) is 0 Å². The highest BCUT2D eigenvalue weighted by Gasteiger charge is 2.04. The molecule has 8 aromatic carbocycles. The van der Waals surface area contributed by atoms with E-state index in [0.29, 0.717) is 0 Å². The molecule has 8 heteroatoms. The molecule has 312 valence electrons. The van der Waals surface area contributed by atoms with E-state index in [4.69, 9.17) is 0 Å². The summed E-state index contributed by atoms with van der Waals surface area (Å²) < 4.78 is 0. The van der Waals surface area contributed by atoms with Crippen LogP contribution in [0.2, 0.25) is 0 Å². The Morgan fingerprint density at radius 3 is 0.328 bits per heavy atom. The summed E-state index contributed by atoms with van der Waals surface area (Å²) in [5, 5.41) is 35.9. The molecule has 0 N–H and O–H groups in total. The van der Waals surface area contributed by atoms with Crippen molar-refractivity contribution in [1.82, 2.24) is 0 Å². The number of nitrogens with zero attached hydrogens (tertiary/aromatic N) is 8. The molecule has 30 rings (SSSR count). The van der Waals surface area contributed by atoms with Crippen LogP contribution in [0.5, 0.6) is 0 Å². The number of azo groups is 4. The minimum Gasteiger partial charge on any atom is -0.151 e. The molecular weight excluding hydrogens is 785 g/mol. The number of benzene rings is 8. The third kappa shape index (κ3) is 12.2. The second-order valence-corrected chi connectivity index (χ2v) is 16.1. The highest BCUT2D eigenvalue weighted by atomic mass is 15.1. The van der Waals surface area contributed by atoms with Crippen LogP contribution in [0.15, 0.2) is 235 Å². The molecule has 0 aromatic heterocycles. The third-order valence-electron chi connectivity index (χ3n) is 11.4. The first-order valence-corrected chi connectivity index (χ1v) is 22.0. The van der Waals surface area contributed by atoms with Crippen LogP contribution in [0.3, 0.4) is 0 Å². The lowest BCUT2D eigenvalue weighted by Gasteiger charge is -2.04. The van der Waals surface area contributed by atoms with Gasteiger partial charge in [0, 0.05) is 0 Å². The first-order chi connectivity index (χ1) is 31.6. The lowest BCUT2D eigenvalue weighted by Crippen LogP contribution is -1.90. The molecular formula is C56H48N8. The van der Waals surface area contributed by atoms with Crippen LogP contribution in [-0.4, -0.2) is 0 Å². The molecule has 16 bridgehead atoms. The van der Waals surface area contributed by atoms with Gasteiger partial charge in [-0.15, -0.1) is 0 Å². The smallest absolute Gasteiger partial charge is 0.0857 e. The predicted octanol–water partition coefficient (Wildman–Crippen LogP) is 16.8. The molecule has 22 heterocycles. The summed E-state index contributed by atoms with van der Waals surface area (Å²) in [6, 6.07) is 66.6. The highest BCUT2D eigenvalue weighted by Crippen LogP contribution is 2.26. The second-order valence-electron chi connectivity index (χ2n) is 16.1. The summed E-state index contributed by atoms with van der Waals surface area (Å²) in [4.78, 5) is 0. The Morgan fingerprint density at radius 2 is 0.234 bits per heavy atom. The van der Waals surface area contributed by atoms with E-state index in [1.807, 2.05) is 97.1 Å². The Balaban J connectivity index is 0.851. The number of hydrogen-bond donors (Lipinski definition) is 0. The number of aryl methyl sites for hydroxylation is 8. The summed E-state index contributed by atoms with van der Waals surface area (Å²) in [5.41, 5.74) is 16.7. The summed E-state index contributed by atoms with van der Waals surface area (Å²) in [7, 11) is 0. The van der Waals surface area contributed by atoms with Crippen molar-refractivity contribution in [2.24, 2.45) is 40.9 Å². The summed E-state index contributed by atoms with van der Waals surface area (Å²) in [5.74, 6) is 0. The van der Waals surface area contributed by atoms with Crippen LogP contribution in [-0.2, 0) is 51.4 Å². The average Bonchev–Trinajstić information content (AvgIpc) is 3.36. The molecule has 0 aliphatic carbocycles. The van der Waals surface area contributed by atoms with Gasteiger partial charge in [-0.3, -0.25) is 0 Å². The molecule has 0 saturated carbocycles. The van der Waals surface area contributed by atoms with Gasteiger partial charge in [-0.1, -0.05) is 97.1 Å². The maximum atomic E-state index is 4.49. The van der Waals surface area contributed by atoms with Gasteiger partial charge in [-0.25, -0.2) is 0 Å². The zero-order chi connectivity index (χ0) is 43.2. The Labute approximate surface area is 375 Å². The maximum absolute atomic E-state index is 4.49. The Morgan fingerprint density at radius 1 is 0.141 bits per heavy atom. The van der Waals surface area contributed by atoms with Crippen LogP contribution in [0, 0.1) is 0 Å². The van der Waals surface area contributed by atoms with E-state index in [1.54, 1.807) is 0 Å². The van der Waals surface area contributed by atoms with E-state index in [1.165, 1.54) is 44.5 Å². The van der Waals surface area contributed by atoms with Crippen molar-refractivity contribution < 1.29 is 0 Å². The van der Waals surface area contributed by atoms with E-state index in [0.717, 1.165) is 96.9 Å². The van der Waals surface area contributed by atoms with Gasteiger partial charge in [0.1, 0.15) is 0 Å². The second kappa shape index (κ2) is 20.8. The van der Waals surface area contributed by atoms with Crippen LogP contribution in [0.25, 0.3) is 0 Å². The van der Waals surface area contributed by atoms with Gasteiger partial charge in [0.15, 0.2) is 0 Å². The molecule has 0 radical (unpaired) electrons. The fourth-order valence-corrected chi connectivity index (χ4v) is 7.45. The van der Waals surface area contributed by atoms with Crippen molar-refractivity contribution >= 4 is 45.5 Å². The average molecular weight is 833 g/mol. The zero-order valence-electron chi connectivity index (χ0n) is 35.7. The molecule has 64 heavy (non-hydrogen) atoms. The minimum absolute atomic E-state index is 0.834. The van der Waals surface area contributed by atoms with Crippen LogP contribution in [0.1, 0.15) is 44.5 Å². The van der Waals surface area contributed by atoms with Crippen LogP contribution in [0.4, 0.5) is 45.5 Å². The lowest BCUT2D eigenvalue weighted by molar-refractivity contribution is 0.958. The number of rotatable bonds is 0. The molecule has 22 aliphatic rings. The molecule has 0 saturated heterocycles. The van der Waals surface area contributed by atoms with E-state index >= 15 is 0 Å². The van der Waals surface area contributed by atoms with Gasteiger partial charge >= 0.3 is 0 Å². The molecule has 0 spiro atoms. The lowest BCUT2D eigenvalue weighted by atomic mass is 10.0. The topological polar surface area (TPSA) is 98.9 Å². The maximum Gasteiger partial charge on any atom is 0.0857 e. The van der Waals surface area contributed by atoms with Crippen molar-refractivity contribution in [2.75, 3.05) is 0 Å². The van der Waals surface area contributed by atoms with Gasteiger partial charge in [0.2, 0.25) is 0 Å². The molecule has 22 aliphatic heterocycles. The first kappa shape index (κ1) is 41.5. The largest absolute Gasteiger partial charge is 0.151 e. The SMILES string of the molecule is c1cc2ccc1CCc1ccc(cc1)N=Nc1ccc(cc1)CCc1ccc(cc1)N=Nc1ccc(cc1)CCc1ccc(cc1)N=Nc1ccc(cc1)CCc1ccc(cc1)N=N2. The predicted molar refractivity (Wildman–Crippen MR) is 258 cm³/mol. The van der Waals surface area contributed by atoms with E-state index < -0.39 is 0 Å². The fourth-order valence-electron chi connectivity index (χ4n) is 7.45. The molecule has 0 atom stereocenters. The van der Waals surface area contributed by atoms with Gasteiger partial charge in [0.25, 0.3) is 0 Å². The zero-order valence-corrected chi connectivity index (χ0v) is 35.7. The monoisotopic (exact) mass is 832 g/mol. The summed E-state index contributed by atoms with van der Waals surface area (Å²) in [6.45, 7) is 0. The Bertz CT molecular complexity index is 2240.